The Morgan fingerprint density at radius 3 is 2.84 bits per heavy atom. The van der Waals surface area contributed by atoms with Gasteiger partial charge in [0.25, 0.3) is 0 Å². The monoisotopic (exact) mass is 357 g/mol. The number of fused-ring (bicyclic) bond motifs is 1. The largest absolute Gasteiger partial charge is 0.354 e. The molecule has 1 aromatic carbocycles. The highest BCUT2D eigenvalue weighted by atomic mass is 32.1. The fourth-order valence-corrected chi connectivity index (χ4v) is 4.68. The van der Waals surface area contributed by atoms with Crippen LogP contribution in [0.25, 0.3) is 10.2 Å². The summed E-state index contributed by atoms with van der Waals surface area (Å²) in [5.41, 5.74) is 1.04. The quantitative estimate of drug-likeness (QED) is 0.783. The molecule has 0 saturated carbocycles. The predicted octanol–water partition coefficient (Wildman–Crippen LogP) is 2.11. The maximum Gasteiger partial charge on any atom is 0.222 e. The first-order valence-electron chi connectivity index (χ1n) is 8.86. The lowest BCUT2D eigenvalue weighted by Gasteiger charge is -2.38. The molecule has 3 heterocycles. The molecule has 2 fully saturated rings. The summed E-state index contributed by atoms with van der Waals surface area (Å²) in [6.45, 7) is 2.36. The lowest BCUT2D eigenvalue weighted by molar-refractivity contribution is -0.132. The highest BCUT2D eigenvalue weighted by molar-refractivity contribution is 7.18. The van der Waals surface area contributed by atoms with Crippen LogP contribution in [-0.2, 0) is 11.2 Å². The smallest absolute Gasteiger partial charge is 0.222 e. The Kier molecular flexibility index (Phi) is 4.33. The molecule has 2 aliphatic heterocycles. The van der Waals surface area contributed by atoms with Gasteiger partial charge < -0.3 is 15.5 Å². The molecule has 2 saturated heterocycles. The molecule has 0 aliphatic carbocycles. The molecule has 4 rings (SSSR count). The molecule has 1 spiro atoms. The maximum atomic E-state index is 12.5. The van der Waals surface area contributed by atoms with E-state index in [1.165, 1.54) is 4.70 Å². The van der Waals surface area contributed by atoms with Crippen LogP contribution in [0.1, 0.15) is 30.7 Å². The molecule has 3 N–H and O–H groups in total. The zero-order valence-electron chi connectivity index (χ0n) is 14.2. The number of hydrogen-bond acceptors (Lipinski definition) is 4. The van der Waals surface area contributed by atoms with E-state index in [4.69, 9.17) is 5.41 Å². The second kappa shape index (κ2) is 6.63. The minimum absolute atomic E-state index is 0.0190. The van der Waals surface area contributed by atoms with Crippen molar-refractivity contribution in [2.45, 2.75) is 37.6 Å². The molecule has 6 nitrogen and oxygen atoms in total. The minimum atomic E-state index is -0.0190. The number of thiazole rings is 1. The Balaban J connectivity index is 1.25. The van der Waals surface area contributed by atoms with E-state index in [1.54, 1.807) is 11.3 Å². The normalized spacial score (nSPS) is 19.2. The molecule has 0 radical (unpaired) electrons. The van der Waals surface area contributed by atoms with E-state index in [0.29, 0.717) is 12.4 Å². The number of hydrogen-bond donors (Lipinski definition) is 3. The summed E-state index contributed by atoms with van der Waals surface area (Å²) in [6, 6.07) is 8.17. The van der Waals surface area contributed by atoms with Crippen molar-refractivity contribution in [1.82, 2.24) is 20.5 Å². The maximum absolute atomic E-state index is 12.5. The summed E-state index contributed by atoms with van der Waals surface area (Å²) in [7, 11) is 0. The Hall–Kier alpha value is -2.15. The third kappa shape index (κ3) is 3.46. The molecule has 0 bridgehead atoms. The average Bonchev–Trinajstić information content (AvgIpc) is 3.18. The van der Waals surface area contributed by atoms with Crippen LogP contribution in [0.3, 0.4) is 0 Å². The summed E-state index contributed by atoms with van der Waals surface area (Å²) in [5.74, 6) is 0.660. The van der Waals surface area contributed by atoms with Gasteiger partial charge in [0.1, 0.15) is 0 Å². The van der Waals surface area contributed by atoms with E-state index in [0.717, 1.165) is 55.8 Å². The third-order valence-electron chi connectivity index (χ3n) is 5.19. The number of aromatic nitrogens is 1. The Morgan fingerprint density at radius 1 is 1.32 bits per heavy atom. The van der Waals surface area contributed by atoms with Crippen LogP contribution in [0.4, 0.5) is 0 Å². The average molecular weight is 357 g/mol. The standard InChI is InChI=1S/C18H23N5OS/c19-17-20-12-18(22-17)8-10-23(11-9-18)16(24)7-3-6-15-21-13-4-1-2-5-14(13)25-15/h1-2,4-5H,3,6-12H2,(H3,19,20,22). The lowest BCUT2D eigenvalue weighted by Crippen LogP contribution is -2.53. The summed E-state index contributed by atoms with van der Waals surface area (Å²) >= 11 is 1.73. The molecule has 0 unspecified atom stereocenters. The number of nitrogens with zero attached hydrogens (tertiary/aromatic N) is 2. The third-order valence-corrected chi connectivity index (χ3v) is 6.28. The van der Waals surface area contributed by atoms with Crippen molar-refractivity contribution in [2.24, 2.45) is 0 Å². The van der Waals surface area contributed by atoms with Crippen LogP contribution < -0.4 is 10.6 Å². The zero-order chi connectivity index (χ0) is 17.3. The highest BCUT2D eigenvalue weighted by Crippen LogP contribution is 2.25. The second-order valence-electron chi connectivity index (χ2n) is 6.94. The molecule has 0 atom stereocenters. The van der Waals surface area contributed by atoms with Crippen LogP contribution in [0.15, 0.2) is 24.3 Å². The van der Waals surface area contributed by atoms with Crippen LogP contribution >= 0.6 is 11.3 Å². The van der Waals surface area contributed by atoms with E-state index in [9.17, 15) is 4.79 Å². The first kappa shape index (κ1) is 16.3. The predicted molar refractivity (Wildman–Crippen MR) is 100.0 cm³/mol. The summed E-state index contributed by atoms with van der Waals surface area (Å²) in [4.78, 5) is 19.1. The number of piperidine rings is 1. The van der Waals surface area contributed by atoms with Gasteiger partial charge in [0.05, 0.1) is 20.8 Å². The summed E-state index contributed by atoms with van der Waals surface area (Å²) in [5, 5.41) is 15.1. The number of amides is 1. The lowest BCUT2D eigenvalue weighted by atomic mass is 9.88. The van der Waals surface area contributed by atoms with Gasteiger partial charge in [0.15, 0.2) is 5.96 Å². The van der Waals surface area contributed by atoms with Crippen LogP contribution in [0, 0.1) is 5.41 Å². The molecule has 1 amide bonds. The van der Waals surface area contributed by atoms with Crippen molar-refractivity contribution >= 4 is 33.4 Å². The van der Waals surface area contributed by atoms with Gasteiger partial charge in [-0.15, -0.1) is 11.3 Å². The van der Waals surface area contributed by atoms with Gasteiger partial charge in [-0.2, -0.15) is 0 Å². The zero-order valence-corrected chi connectivity index (χ0v) is 15.0. The van der Waals surface area contributed by atoms with E-state index in [-0.39, 0.29) is 11.4 Å². The number of rotatable bonds is 4. The summed E-state index contributed by atoms with van der Waals surface area (Å²) in [6.07, 6.45) is 4.12. The molecule has 25 heavy (non-hydrogen) atoms. The molecular formula is C18H23N5OS. The Morgan fingerprint density at radius 2 is 2.12 bits per heavy atom. The van der Waals surface area contributed by atoms with E-state index >= 15 is 0 Å². The second-order valence-corrected chi connectivity index (χ2v) is 8.06. The van der Waals surface area contributed by atoms with Gasteiger partial charge in [0.2, 0.25) is 5.91 Å². The SMILES string of the molecule is N=C1NCC2(CCN(C(=O)CCCc3nc4ccccc4s3)CC2)N1. The number of nitrogens with one attached hydrogen (secondary N) is 3. The fourth-order valence-electron chi connectivity index (χ4n) is 3.67. The minimum Gasteiger partial charge on any atom is -0.354 e. The van der Waals surface area contributed by atoms with Crippen molar-refractivity contribution in [3.63, 3.8) is 0 Å². The molecular weight excluding hydrogens is 334 g/mol. The number of aryl methyl sites for hydroxylation is 1. The first-order valence-corrected chi connectivity index (χ1v) is 9.68. The van der Waals surface area contributed by atoms with E-state index in [2.05, 4.69) is 21.7 Å². The number of likely N-dealkylation sites (tertiary alicyclic amines) is 1. The van der Waals surface area contributed by atoms with Gasteiger partial charge in [-0.1, -0.05) is 12.1 Å². The number of carbonyl (C=O) groups is 1. The van der Waals surface area contributed by atoms with E-state index in [1.807, 2.05) is 23.1 Å². The number of guanidine groups is 1. The number of carbonyl (C=O) groups excluding carboxylic acids is 1. The Labute approximate surface area is 151 Å². The van der Waals surface area contributed by atoms with Crippen molar-refractivity contribution in [1.29, 1.82) is 5.41 Å². The molecule has 1 aromatic heterocycles. The number of para-hydroxylation sites is 1. The van der Waals surface area contributed by atoms with Crippen molar-refractivity contribution < 1.29 is 4.79 Å². The van der Waals surface area contributed by atoms with Crippen LogP contribution in [0.5, 0.6) is 0 Å². The van der Waals surface area contributed by atoms with E-state index < -0.39 is 0 Å². The Bertz CT molecular complexity index is 761. The molecule has 2 aliphatic rings. The van der Waals surface area contributed by atoms with Crippen LogP contribution in [0.2, 0.25) is 0 Å². The molecule has 2 aromatic rings. The number of benzene rings is 1. The van der Waals surface area contributed by atoms with Gasteiger partial charge in [-0.05, 0) is 37.8 Å². The summed E-state index contributed by atoms with van der Waals surface area (Å²) < 4.78 is 1.22. The van der Waals surface area contributed by atoms with Crippen molar-refractivity contribution in [3.05, 3.63) is 29.3 Å². The van der Waals surface area contributed by atoms with Gasteiger partial charge in [0, 0.05) is 26.1 Å². The fraction of sp³-hybridized carbons (Fsp3) is 0.500. The molecule has 132 valence electrons. The first-order chi connectivity index (χ1) is 12.1. The van der Waals surface area contributed by atoms with Gasteiger partial charge in [-0.25, -0.2) is 4.98 Å². The van der Waals surface area contributed by atoms with Gasteiger partial charge in [-0.3, -0.25) is 10.2 Å². The topological polar surface area (TPSA) is 81.1 Å². The van der Waals surface area contributed by atoms with Crippen molar-refractivity contribution in [2.75, 3.05) is 19.6 Å². The molecule has 7 heteroatoms. The van der Waals surface area contributed by atoms with Gasteiger partial charge >= 0.3 is 0 Å². The van der Waals surface area contributed by atoms with Crippen LogP contribution in [-0.4, -0.2) is 46.9 Å². The van der Waals surface area contributed by atoms with Crippen molar-refractivity contribution in [3.8, 4) is 0 Å². The highest BCUT2D eigenvalue weighted by Gasteiger charge is 2.39.